The highest BCUT2D eigenvalue weighted by atomic mass is 16.4. The van der Waals surface area contributed by atoms with Crippen LogP contribution in [0.1, 0.15) is 26.7 Å². The van der Waals surface area contributed by atoms with E-state index in [-0.39, 0.29) is 0 Å². The van der Waals surface area contributed by atoms with Crippen LogP contribution in [0.4, 0.5) is 0 Å². The third kappa shape index (κ3) is 4.18. The van der Waals surface area contributed by atoms with Crippen LogP contribution < -0.4 is 5.73 Å². The number of amidine groups is 1. The molecule has 4 nitrogen and oxygen atoms in total. The molecule has 0 aromatic heterocycles. The van der Waals surface area contributed by atoms with Gasteiger partial charge in [-0.25, -0.2) is 0 Å². The van der Waals surface area contributed by atoms with Gasteiger partial charge >= 0.3 is 0 Å². The SMILES string of the molecule is CCC(C)N(C)CC/C(N)=N/O. The Hall–Kier alpha value is -0.770. The van der Waals surface area contributed by atoms with E-state index in [1.165, 1.54) is 0 Å². The molecule has 0 amide bonds. The van der Waals surface area contributed by atoms with Crippen LogP contribution >= 0.6 is 0 Å². The van der Waals surface area contributed by atoms with E-state index in [0.29, 0.717) is 18.3 Å². The summed E-state index contributed by atoms with van der Waals surface area (Å²) < 4.78 is 0. The zero-order chi connectivity index (χ0) is 9.56. The van der Waals surface area contributed by atoms with Gasteiger partial charge in [-0.2, -0.15) is 0 Å². The lowest BCUT2D eigenvalue weighted by atomic mass is 10.2. The molecule has 0 aliphatic heterocycles. The number of hydrogen-bond donors (Lipinski definition) is 2. The Balaban J connectivity index is 3.63. The van der Waals surface area contributed by atoms with E-state index in [9.17, 15) is 0 Å². The lowest BCUT2D eigenvalue weighted by Crippen LogP contribution is -2.31. The molecular formula is C8H19N3O. The highest BCUT2D eigenvalue weighted by Gasteiger charge is 2.06. The van der Waals surface area contributed by atoms with Crippen LogP contribution in [0.5, 0.6) is 0 Å². The highest BCUT2D eigenvalue weighted by molar-refractivity contribution is 5.79. The summed E-state index contributed by atoms with van der Waals surface area (Å²) in [4.78, 5) is 2.19. The first-order valence-electron chi connectivity index (χ1n) is 4.28. The molecule has 0 saturated heterocycles. The summed E-state index contributed by atoms with van der Waals surface area (Å²) in [5, 5.41) is 11.2. The van der Waals surface area contributed by atoms with Gasteiger partial charge in [0.1, 0.15) is 5.84 Å². The minimum atomic E-state index is 0.296. The molecule has 0 spiro atoms. The summed E-state index contributed by atoms with van der Waals surface area (Å²) in [5.74, 6) is 0.296. The zero-order valence-electron chi connectivity index (χ0n) is 8.12. The van der Waals surface area contributed by atoms with Crippen LogP contribution in [0.2, 0.25) is 0 Å². The Kier molecular flexibility index (Phi) is 5.45. The van der Waals surface area contributed by atoms with Gasteiger partial charge in [0.2, 0.25) is 0 Å². The molecule has 0 heterocycles. The van der Waals surface area contributed by atoms with Crippen molar-refractivity contribution in [3.63, 3.8) is 0 Å². The van der Waals surface area contributed by atoms with Crippen molar-refractivity contribution < 1.29 is 5.21 Å². The van der Waals surface area contributed by atoms with E-state index < -0.39 is 0 Å². The first-order chi connectivity index (χ1) is 5.61. The van der Waals surface area contributed by atoms with Gasteiger partial charge in [-0.3, -0.25) is 0 Å². The van der Waals surface area contributed by atoms with Crippen molar-refractivity contribution in [2.24, 2.45) is 10.9 Å². The number of nitrogens with two attached hydrogens (primary N) is 1. The van der Waals surface area contributed by atoms with Gasteiger partial charge in [-0.1, -0.05) is 12.1 Å². The lowest BCUT2D eigenvalue weighted by Gasteiger charge is -2.22. The predicted octanol–water partition coefficient (Wildman–Crippen LogP) is 0.853. The van der Waals surface area contributed by atoms with Crippen LogP contribution in [0.25, 0.3) is 0 Å². The molecular weight excluding hydrogens is 154 g/mol. The fourth-order valence-electron chi connectivity index (χ4n) is 0.873. The number of oxime groups is 1. The number of rotatable bonds is 5. The van der Waals surface area contributed by atoms with Gasteiger partial charge in [0.05, 0.1) is 0 Å². The summed E-state index contributed by atoms with van der Waals surface area (Å²) in [5.41, 5.74) is 5.34. The first kappa shape index (κ1) is 11.2. The Morgan fingerprint density at radius 1 is 1.67 bits per heavy atom. The standard InChI is InChI=1S/C8H19N3O/c1-4-7(2)11(3)6-5-8(9)10-12/h7,12H,4-6H2,1-3H3,(H2,9,10). The second kappa shape index (κ2) is 5.83. The second-order valence-corrected chi connectivity index (χ2v) is 3.08. The van der Waals surface area contributed by atoms with Crippen molar-refractivity contribution in [1.82, 2.24) is 4.90 Å². The Labute approximate surface area is 74.0 Å². The molecule has 3 N–H and O–H groups in total. The average molecular weight is 173 g/mol. The van der Waals surface area contributed by atoms with Crippen molar-refractivity contribution in [2.45, 2.75) is 32.7 Å². The molecule has 72 valence electrons. The molecule has 0 saturated carbocycles. The van der Waals surface area contributed by atoms with Gasteiger partial charge in [0.15, 0.2) is 0 Å². The normalized spacial score (nSPS) is 15.2. The van der Waals surface area contributed by atoms with Crippen LogP contribution in [-0.4, -0.2) is 35.6 Å². The molecule has 0 fully saturated rings. The average Bonchev–Trinajstić information content (AvgIpc) is 2.11. The Morgan fingerprint density at radius 2 is 2.25 bits per heavy atom. The third-order valence-corrected chi connectivity index (χ3v) is 2.19. The van der Waals surface area contributed by atoms with Crippen LogP contribution in [0.15, 0.2) is 5.16 Å². The molecule has 0 aromatic carbocycles. The number of nitrogens with zero attached hydrogens (tertiary/aromatic N) is 2. The van der Waals surface area contributed by atoms with Crippen LogP contribution in [0, 0.1) is 0 Å². The van der Waals surface area contributed by atoms with Gasteiger partial charge in [-0.05, 0) is 20.4 Å². The van der Waals surface area contributed by atoms with Crippen molar-refractivity contribution in [1.29, 1.82) is 0 Å². The molecule has 0 aliphatic carbocycles. The molecule has 4 heteroatoms. The van der Waals surface area contributed by atoms with Gasteiger partial charge in [-0.15, -0.1) is 0 Å². The summed E-state index contributed by atoms with van der Waals surface area (Å²) in [6, 6.07) is 0.552. The maximum absolute atomic E-state index is 8.29. The fraction of sp³-hybridized carbons (Fsp3) is 0.875. The largest absolute Gasteiger partial charge is 0.409 e. The Morgan fingerprint density at radius 3 is 2.67 bits per heavy atom. The van der Waals surface area contributed by atoms with Crippen molar-refractivity contribution in [2.75, 3.05) is 13.6 Å². The third-order valence-electron chi connectivity index (χ3n) is 2.19. The van der Waals surface area contributed by atoms with Gasteiger partial charge in [0, 0.05) is 19.0 Å². The van der Waals surface area contributed by atoms with Crippen LogP contribution in [-0.2, 0) is 0 Å². The maximum Gasteiger partial charge on any atom is 0.140 e. The predicted molar refractivity (Wildman–Crippen MR) is 50.4 cm³/mol. The van der Waals surface area contributed by atoms with E-state index >= 15 is 0 Å². The van der Waals surface area contributed by atoms with Gasteiger partial charge in [0.25, 0.3) is 0 Å². The molecule has 0 radical (unpaired) electrons. The molecule has 0 aromatic rings. The molecule has 0 rings (SSSR count). The highest BCUT2D eigenvalue weighted by Crippen LogP contribution is 2.00. The number of hydrogen-bond acceptors (Lipinski definition) is 3. The Bertz CT molecular complexity index is 147. The van der Waals surface area contributed by atoms with Crippen molar-refractivity contribution >= 4 is 5.84 Å². The van der Waals surface area contributed by atoms with E-state index in [1.807, 2.05) is 7.05 Å². The fourth-order valence-corrected chi connectivity index (χ4v) is 0.873. The quantitative estimate of drug-likeness (QED) is 0.280. The van der Waals surface area contributed by atoms with Crippen LogP contribution in [0.3, 0.4) is 0 Å². The summed E-state index contributed by atoms with van der Waals surface area (Å²) in [7, 11) is 2.04. The van der Waals surface area contributed by atoms with Crippen molar-refractivity contribution in [3.05, 3.63) is 0 Å². The molecule has 1 unspecified atom stereocenters. The van der Waals surface area contributed by atoms with E-state index in [1.54, 1.807) is 0 Å². The molecule has 0 bridgehead atoms. The molecule has 12 heavy (non-hydrogen) atoms. The maximum atomic E-state index is 8.29. The zero-order valence-corrected chi connectivity index (χ0v) is 8.12. The van der Waals surface area contributed by atoms with Crippen molar-refractivity contribution in [3.8, 4) is 0 Å². The molecule has 0 aliphatic rings. The molecule has 1 atom stereocenters. The van der Waals surface area contributed by atoms with E-state index in [4.69, 9.17) is 10.9 Å². The van der Waals surface area contributed by atoms with E-state index in [0.717, 1.165) is 13.0 Å². The monoisotopic (exact) mass is 173 g/mol. The van der Waals surface area contributed by atoms with Gasteiger partial charge < -0.3 is 15.8 Å². The summed E-state index contributed by atoms with van der Waals surface area (Å²) in [6.45, 7) is 5.14. The minimum absolute atomic E-state index is 0.296. The van der Waals surface area contributed by atoms with E-state index in [2.05, 4.69) is 23.9 Å². The first-order valence-corrected chi connectivity index (χ1v) is 4.28. The summed E-state index contributed by atoms with van der Waals surface area (Å²) in [6.07, 6.45) is 1.74. The smallest absolute Gasteiger partial charge is 0.140 e. The lowest BCUT2D eigenvalue weighted by molar-refractivity contribution is 0.256. The minimum Gasteiger partial charge on any atom is -0.409 e. The summed E-state index contributed by atoms with van der Waals surface area (Å²) >= 11 is 0. The second-order valence-electron chi connectivity index (χ2n) is 3.08. The topological polar surface area (TPSA) is 61.8 Å².